The molecule has 11 heteroatoms. The maximum atomic E-state index is 13.0. The van der Waals surface area contributed by atoms with Gasteiger partial charge in [-0.15, -0.1) is 0 Å². The average molecular weight is 473 g/mol. The molecule has 0 unspecified atom stereocenters. The summed E-state index contributed by atoms with van der Waals surface area (Å²) in [7, 11) is 1.73. The lowest BCUT2D eigenvalue weighted by molar-refractivity contribution is -0.137. The van der Waals surface area contributed by atoms with Gasteiger partial charge in [0.2, 0.25) is 11.8 Å². The molecule has 0 saturated carbocycles. The Labute approximate surface area is 196 Å². The van der Waals surface area contributed by atoms with Gasteiger partial charge in [-0.25, -0.2) is 0 Å². The summed E-state index contributed by atoms with van der Waals surface area (Å²) < 4.78 is 5.15. The molecule has 3 aliphatic rings. The summed E-state index contributed by atoms with van der Waals surface area (Å²) in [6.07, 6.45) is 5.15. The fourth-order valence-electron chi connectivity index (χ4n) is 4.49. The Kier molecular flexibility index (Phi) is 15.1. The summed E-state index contributed by atoms with van der Waals surface area (Å²) in [5.74, 6) is 0.756. The highest BCUT2D eigenvalue weighted by Gasteiger charge is 2.30. The molecular weight excluding hydrogens is 432 g/mol. The molecule has 0 bridgehead atoms. The van der Waals surface area contributed by atoms with Crippen LogP contribution in [-0.2, 0) is 23.9 Å². The van der Waals surface area contributed by atoms with Gasteiger partial charge in [-0.05, 0) is 45.2 Å². The van der Waals surface area contributed by atoms with Gasteiger partial charge in [-0.3, -0.25) is 24.1 Å². The molecule has 0 aliphatic carbocycles. The maximum absolute atomic E-state index is 13.0. The van der Waals surface area contributed by atoms with Crippen LogP contribution in [0.2, 0.25) is 0 Å². The van der Waals surface area contributed by atoms with Crippen molar-refractivity contribution in [1.82, 2.24) is 19.6 Å². The van der Waals surface area contributed by atoms with E-state index in [1.165, 1.54) is 0 Å². The molecule has 3 heterocycles. The van der Waals surface area contributed by atoms with Crippen molar-refractivity contribution in [3.8, 4) is 0 Å². The lowest BCUT2D eigenvalue weighted by Gasteiger charge is -2.33. The molecule has 0 radical (unpaired) electrons. The third-order valence-corrected chi connectivity index (χ3v) is 6.27. The van der Waals surface area contributed by atoms with Crippen LogP contribution in [0, 0.1) is 5.92 Å². The molecule has 0 atom stereocenters. The molecule has 0 aromatic rings. The van der Waals surface area contributed by atoms with Crippen LogP contribution in [0.25, 0.3) is 0 Å². The van der Waals surface area contributed by atoms with Crippen molar-refractivity contribution >= 4 is 24.8 Å². The second-order valence-electron chi connectivity index (χ2n) is 8.36. The van der Waals surface area contributed by atoms with E-state index in [-0.39, 0.29) is 24.8 Å². The van der Waals surface area contributed by atoms with Crippen LogP contribution >= 0.6 is 0 Å². The Balaban J connectivity index is 0.000000819. The lowest BCUT2D eigenvalue weighted by atomic mass is 9.95. The first-order chi connectivity index (χ1) is 16.0. The zero-order chi connectivity index (χ0) is 24.5. The zero-order valence-electron chi connectivity index (χ0n) is 19.8. The number of nitrogens with zero attached hydrogens (tertiary/aromatic N) is 4. The lowest BCUT2D eigenvalue weighted by Crippen LogP contribution is -2.45. The average Bonchev–Trinajstić information content (AvgIpc) is 3.26. The second-order valence-corrected chi connectivity index (χ2v) is 8.36. The molecule has 0 aromatic carbocycles. The number of amides is 2. The molecule has 3 saturated heterocycles. The van der Waals surface area contributed by atoms with Gasteiger partial charge in [0.05, 0.1) is 13.2 Å². The van der Waals surface area contributed by atoms with Gasteiger partial charge in [0.15, 0.2) is 0 Å². The number of ether oxygens (including phenoxy) is 1. The SMILES string of the molecule is COCCN1CCC(C(=O)N2CCCN(CC(=O)N3CCCC3)CC2)CC1.O=CO.O=CO. The molecule has 3 aliphatic heterocycles. The predicted molar refractivity (Wildman–Crippen MR) is 122 cm³/mol. The van der Waals surface area contributed by atoms with Gasteiger partial charge in [0, 0.05) is 58.8 Å². The molecule has 3 fully saturated rings. The van der Waals surface area contributed by atoms with Gasteiger partial charge < -0.3 is 29.6 Å². The zero-order valence-corrected chi connectivity index (χ0v) is 19.8. The summed E-state index contributed by atoms with van der Waals surface area (Å²) in [6, 6.07) is 0. The first-order valence-corrected chi connectivity index (χ1v) is 11.7. The Morgan fingerprint density at radius 2 is 1.39 bits per heavy atom. The van der Waals surface area contributed by atoms with Crippen LogP contribution in [-0.4, -0.2) is 134 Å². The highest BCUT2D eigenvalue weighted by Crippen LogP contribution is 2.20. The van der Waals surface area contributed by atoms with E-state index in [0.29, 0.717) is 12.5 Å². The van der Waals surface area contributed by atoms with Gasteiger partial charge in [0.1, 0.15) is 0 Å². The van der Waals surface area contributed by atoms with E-state index in [1.807, 2.05) is 4.90 Å². The number of likely N-dealkylation sites (tertiary alicyclic amines) is 2. The number of carbonyl (C=O) groups excluding carboxylic acids is 2. The molecule has 2 N–H and O–H groups in total. The van der Waals surface area contributed by atoms with Crippen molar-refractivity contribution in [3.63, 3.8) is 0 Å². The van der Waals surface area contributed by atoms with E-state index >= 15 is 0 Å². The smallest absolute Gasteiger partial charge is 0.290 e. The number of methoxy groups -OCH3 is 1. The van der Waals surface area contributed by atoms with E-state index in [2.05, 4.69) is 14.7 Å². The third kappa shape index (κ3) is 11.0. The minimum Gasteiger partial charge on any atom is -0.483 e. The largest absolute Gasteiger partial charge is 0.483 e. The molecular formula is C22H40N4O7. The standard InChI is InChI=1S/C20H36N4O3.2CH2O2/c1-27-16-15-21-11-5-18(6-12-21)20(26)24-10-4-7-22(13-14-24)17-19(25)23-8-2-3-9-23;2*2-1-3/h18H,2-17H2,1H3;2*1H,(H,2,3). The maximum Gasteiger partial charge on any atom is 0.290 e. The summed E-state index contributed by atoms with van der Waals surface area (Å²) in [5, 5.41) is 13.8. The van der Waals surface area contributed by atoms with E-state index in [1.54, 1.807) is 7.11 Å². The summed E-state index contributed by atoms with van der Waals surface area (Å²) in [6.45, 7) is 8.87. The van der Waals surface area contributed by atoms with E-state index in [4.69, 9.17) is 24.5 Å². The molecule has 2 amide bonds. The van der Waals surface area contributed by atoms with Crippen molar-refractivity contribution in [2.24, 2.45) is 5.92 Å². The van der Waals surface area contributed by atoms with E-state index < -0.39 is 0 Å². The summed E-state index contributed by atoms with van der Waals surface area (Å²) in [4.78, 5) is 50.7. The first-order valence-electron chi connectivity index (χ1n) is 11.7. The minimum atomic E-state index is -0.250. The molecule has 190 valence electrons. The third-order valence-electron chi connectivity index (χ3n) is 6.27. The Morgan fingerprint density at radius 3 is 1.97 bits per heavy atom. The molecule has 3 rings (SSSR count). The number of carbonyl (C=O) groups is 4. The summed E-state index contributed by atoms with van der Waals surface area (Å²) >= 11 is 0. The number of rotatable bonds is 6. The quantitative estimate of drug-likeness (QED) is 0.509. The molecule has 0 aromatic heterocycles. The van der Waals surface area contributed by atoms with Gasteiger partial charge in [-0.2, -0.15) is 0 Å². The Bertz CT molecular complexity index is 573. The normalized spacial score (nSPS) is 20.0. The number of hydrogen-bond acceptors (Lipinski definition) is 7. The molecule has 11 nitrogen and oxygen atoms in total. The van der Waals surface area contributed by atoms with Crippen molar-refractivity contribution in [2.75, 3.05) is 79.2 Å². The van der Waals surface area contributed by atoms with E-state index in [0.717, 1.165) is 97.6 Å². The van der Waals surface area contributed by atoms with Gasteiger partial charge in [-0.1, -0.05) is 0 Å². The molecule has 0 spiro atoms. The highest BCUT2D eigenvalue weighted by atomic mass is 16.5. The van der Waals surface area contributed by atoms with Crippen molar-refractivity contribution < 1.29 is 34.1 Å². The Hall–Kier alpha value is -2.24. The first kappa shape index (κ1) is 28.8. The van der Waals surface area contributed by atoms with Crippen LogP contribution in [0.3, 0.4) is 0 Å². The van der Waals surface area contributed by atoms with Crippen molar-refractivity contribution in [2.45, 2.75) is 32.1 Å². The van der Waals surface area contributed by atoms with Crippen LogP contribution < -0.4 is 0 Å². The van der Waals surface area contributed by atoms with Crippen LogP contribution in [0.5, 0.6) is 0 Å². The molecule has 33 heavy (non-hydrogen) atoms. The number of hydrogen-bond donors (Lipinski definition) is 2. The predicted octanol–water partition coefficient (Wildman–Crippen LogP) is -0.0969. The highest BCUT2D eigenvalue weighted by molar-refractivity contribution is 5.79. The number of piperidine rings is 1. The summed E-state index contributed by atoms with van der Waals surface area (Å²) in [5.41, 5.74) is 0. The van der Waals surface area contributed by atoms with E-state index in [9.17, 15) is 9.59 Å². The fourth-order valence-corrected chi connectivity index (χ4v) is 4.49. The second kappa shape index (κ2) is 17.3. The van der Waals surface area contributed by atoms with Crippen LogP contribution in [0.15, 0.2) is 0 Å². The monoisotopic (exact) mass is 472 g/mol. The van der Waals surface area contributed by atoms with Crippen LogP contribution in [0.1, 0.15) is 32.1 Å². The minimum absolute atomic E-state index is 0.168. The Morgan fingerprint density at radius 1 is 0.818 bits per heavy atom. The van der Waals surface area contributed by atoms with Crippen LogP contribution in [0.4, 0.5) is 0 Å². The van der Waals surface area contributed by atoms with Crippen molar-refractivity contribution in [1.29, 1.82) is 0 Å². The number of carboxylic acid groups (broad SMARTS) is 2. The topological polar surface area (TPSA) is 131 Å². The van der Waals surface area contributed by atoms with Crippen molar-refractivity contribution in [3.05, 3.63) is 0 Å². The van der Waals surface area contributed by atoms with Gasteiger partial charge in [0.25, 0.3) is 12.9 Å². The van der Waals surface area contributed by atoms with Gasteiger partial charge >= 0.3 is 0 Å². The fraction of sp³-hybridized carbons (Fsp3) is 0.818.